The number of carbonyl (C=O) groups is 2. The Morgan fingerprint density at radius 2 is 1.88 bits per heavy atom. The molecule has 0 amide bonds. The molecular formula is C19H15ClO4. The van der Waals surface area contributed by atoms with Gasteiger partial charge in [0.15, 0.2) is 5.76 Å². The Hall–Kier alpha value is -2.59. The Morgan fingerprint density at radius 1 is 1.17 bits per heavy atom. The smallest absolute Gasteiger partial charge is 0.313 e. The van der Waals surface area contributed by atoms with Gasteiger partial charge in [0.1, 0.15) is 11.5 Å². The Balaban J connectivity index is 1.84. The Labute approximate surface area is 144 Å². The van der Waals surface area contributed by atoms with E-state index in [-0.39, 0.29) is 23.4 Å². The van der Waals surface area contributed by atoms with E-state index >= 15 is 0 Å². The average molecular weight is 343 g/mol. The van der Waals surface area contributed by atoms with Crippen molar-refractivity contribution in [3.8, 4) is 11.5 Å². The molecule has 0 spiro atoms. The summed E-state index contributed by atoms with van der Waals surface area (Å²) in [7, 11) is 0. The van der Waals surface area contributed by atoms with Gasteiger partial charge in [-0.15, -0.1) is 0 Å². The molecule has 2 aromatic carbocycles. The number of esters is 1. The lowest BCUT2D eigenvalue weighted by molar-refractivity contribution is -0.137. The second-order valence-electron chi connectivity index (χ2n) is 5.73. The summed E-state index contributed by atoms with van der Waals surface area (Å²) in [4.78, 5) is 24.0. The monoisotopic (exact) mass is 342 g/mol. The zero-order valence-corrected chi connectivity index (χ0v) is 14.0. The number of rotatable bonds is 3. The molecule has 2 aromatic rings. The van der Waals surface area contributed by atoms with Gasteiger partial charge in [0.05, 0.1) is 11.5 Å². The van der Waals surface area contributed by atoms with Gasteiger partial charge < -0.3 is 9.47 Å². The average Bonchev–Trinajstić information content (AvgIpc) is 2.85. The van der Waals surface area contributed by atoms with E-state index in [0.717, 1.165) is 5.56 Å². The molecule has 0 saturated heterocycles. The molecule has 24 heavy (non-hydrogen) atoms. The van der Waals surface area contributed by atoms with Gasteiger partial charge in [0.25, 0.3) is 0 Å². The van der Waals surface area contributed by atoms with E-state index in [2.05, 4.69) is 0 Å². The van der Waals surface area contributed by atoms with Crippen LogP contribution in [0.2, 0.25) is 5.02 Å². The maximum atomic E-state index is 12.4. The molecule has 1 aliphatic heterocycles. The third-order valence-corrected chi connectivity index (χ3v) is 3.75. The van der Waals surface area contributed by atoms with E-state index < -0.39 is 0 Å². The number of Topliss-reactive ketones (excluding diaryl/α,β-unsaturated/α-hetero) is 1. The number of fused-ring (bicyclic) bond motifs is 1. The summed E-state index contributed by atoms with van der Waals surface area (Å²) in [6.07, 6.45) is 1.65. The van der Waals surface area contributed by atoms with Gasteiger partial charge in [-0.05, 0) is 35.9 Å². The zero-order valence-electron chi connectivity index (χ0n) is 13.2. The van der Waals surface area contributed by atoms with Crippen molar-refractivity contribution in [2.45, 2.75) is 13.8 Å². The molecule has 0 aliphatic carbocycles. The minimum Gasteiger partial charge on any atom is -0.452 e. The van der Waals surface area contributed by atoms with Gasteiger partial charge in [-0.25, -0.2) is 0 Å². The van der Waals surface area contributed by atoms with E-state index in [1.165, 1.54) is 0 Å². The predicted molar refractivity (Wildman–Crippen MR) is 91.3 cm³/mol. The van der Waals surface area contributed by atoms with Crippen LogP contribution < -0.4 is 9.47 Å². The van der Waals surface area contributed by atoms with Crippen molar-refractivity contribution >= 4 is 29.4 Å². The third kappa shape index (κ3) is 3.34. The van der Waals surface area contributed by atoms with Crippen LogP contribution in [0.25, 0.3) is 6.08 Å². The highest BCUT2D eigenvalue weighted by Gasteiger charge is 2.28. The first-order valence-corrected chi connectivity index (χ1v) is 7.87. The van der Waals surface area contributed by atoms with E-state index in [0.29, 0.717) is 22.1 Å². The molecule has 4 nitrogen and oxygen atoms in total. The van der Waals surface area contributed by atoms with E-state index in [4.69, 9.17) is 21.1 Å². The molecular weight excluding hydrogens is 328 g/mol. The van der Waals surface area contributed by atoms with Crippen LogP contribution in [0, 0.1) is 5.92 Å². The number of halogens is 1. The van der Waals surface area contributed by atoms with Crippen LogP contribution in [0.3, 0.4) is 0 Å². The van der Waals surface area contributed by atoms with Crippen molar-refractivity contribution < 1.29 is 19.1 Å². The fourth-order valence-electron chi connectivity index (χ4n) is 2.18. The van der Waals surface area contributed by atoms with Crippen LogP contribution in [0.15, 0.2) is 48.2 Å². The van der Waals surface area contributed by atoms with Crippen LogP contribution in [-0.4, -0.2) is 11.8 Å². The second-order valence-corrected chi connectivity index (χ2v) is 6.16. The highest BCUT2D eigenvalue weighted by Crippen LogP contribution is 2.35. The summed E-state index contributed by atoms with van der Waals surface area (Å²) in [5.74, 6) is 0.181. The Bertz CT molecular complexity index is 835. The number of hydrogen-bond donors (Lipinski definition) is 0. The molecule has 0 radical (unpaired) electrons. The largest absolute Gasteiger partial charge is 0.452 e. The maximum Gasteiger partial charge on any atom is 0.313 e. The van der Waals surface area contributed by atoms with Crippen molar-refractivity contribution in [3.05, 3.63) is 64.4 Å². The molecule has 0 N–H and O–H groups in total. The van der Waals surface area contributed by atoms with Crippen LogP contribution in [0.5, 0.6) is 11.5 Å². The third-order valence-electron chi connectivity index (χ3n) is 3.50. The lowest BCUT2D eigenvalue weighted by Crippen LogP contribution is -2.14. The number of ketones is 1. The van der Waals surface area contributed by atoms with Gasteiger partial charge in [0.2, 0.25) is 5.78 Å². The van der Waals surface area contributed by atoms with E-state index in [1.807, 2.05) is 0 Å². The molecule has 1 aliphatic rings. The lowest BCUT2D eigenvalue weighted by atomic mass is 10.1. The van der Waals surface area contributed by atoms with Crippen molar-refractivity contribution in [3.63, 3.8) is 0 Å². The fourth-order valence-corrected chi connectivity index (χ4v) is 2.30. The van der Waals surface area contributed by atoms with Crippen LogP contribution in [-0.2, 0) is 4.79 Å². The minimum atomic E-state index is -0.337. The summed E-state index contributed by atoms with van der Waals surface area (Å²) in [5.41, 5.74) is 1.25. The molecule has 0 atom stereocenters. The van der Waals surface area contributed by atoms with Gasteiger partial charge in [-0.2, -0.15) is 0 Å². The van der Waals surface area contributed by atoms with Crippen LogP contribution in [0.1, 0.15) is 29.8 Å². The molecule has 0 bridgehead atoms. The second kappa shape index (κ2) is 6.49. The lowest BCUT2D eigenvalue weighted by Gasteiger charge is -2.07. The summed E-state index contributed by atoms with van der Waals surface area (Å²) in [6, 6.07) is 11.8. The zero-order chi connectivity index (χ0) is 17.3. The van der Waals surface area contributed by atoms with Crippen molar-refractivity contribution in [2.24, 2.45) is 5.92 Å². The summed E-state index contributed by atoms with van der Waals surface area (Å²) in [5, 5.41) is 0.621. The molecule has 0 aromatic heterocycles. The summed E-state index contributed by atoms with van der Waals surface area (Å²) < 4.78 is 10.9. The molecule has 1 heterocycles. The predicted octanol–water partition coefficient (Wildman–Crippen LogP) is 4.52. The Morgan fingerprint density at radius 3 is 2.54 bits per heavy atom. The van der Waals surface area contributed by atoms with Crippen molar-refractivity contribution in [1.82, 2.24) is 0 Å². The summed E-state index contributed by atoms with van der Waals surface area (Å²) >= 11 is 5.85. The highest BCUT2D eigenvalue weighted by molar-refractivity contribution is 6.30. The topological polar surface area (TPSA) is 52.6 Å². The SMILES string of the molecule is CC(C)C(=O)Oc1ccc2c(c1)OC(=Cc1ccc(Cl)cc1)C2=O. The quantitative estimate of drug-likeness (QED) is 0.467. The number of hydrogen-bond acceptors (Lipinski definition) is 4. The highest BCUT2D eigenvalue weighted by atomic mass is 35.5. The first-order chi connectivity index (χ1) is 11.4. The standard InChI is InChI=1S/C19H15ClO4/c1-11(2)19(22)23-14-7-8-15-16(10-14)24-17(18(15)21)9-12-3-5-13(20)6-4-12/h3-11H,1-2H3. The number of ether oxygens (including phenoxy) is 2. The molecule has 5 heteroatoms. The number of benzene rings is 2. The number of carbonyl (C=O) groups excluding carboxylic acids is 2. The number of allylic oxidation sites excluding steroid dienone is 1. The fraction of sp³-hybridized carbons (Fsp3) is 0.158. The molecule has 0 unspecified atom stereocenters. The normalized spacial score (nSPS) is 14.7. The molecule has 0 saturated carbocycles. The van der Waals surface area contributed by atoms with Gasteiger partial charge in [0, 0.05) is 11.1 Å². The van der Waals surface area contributed by atoms with E-state index in [9.17, 15) is 9.59 Å². The van der Waals surface area contributed by atoms with Crippen LogP contribution in [0.4, 0.5) is 0 Å². The van der Waals surface area contributed by atoms with Crippen molar-refractivity contribution in [2.75, 3.05) is 0 Å². The van der Waals surface area contributed by atoms with Crippen LogP contribution >= 0.6 is 11.6 Å². The van der Waals surface area contributed by atoms with E-state index in [1.54, 1.807) is 62.4 Å². The van der Waals surface area contributed by atoms with Gasteiger partial charge >= 0.3 is 5.97 Å². The van der Waals surface area contributed by atoms with Gasteiger partial charge in [-0.1, -0.05) is 37.6 Å². The minimum absolute atomic E-state index is 0.207. The molecule has 0 fully saturated rings. The molecule has 122 valence electrons. The first-order valence-electron chi connectivity index (χ1n) is 7.49. The summed E-state index contributed by atoms with van der Waals surface area (Å²) in [6.45, 7) is 3.51. The maximum absolute atomic E-state index is 12.4. The Kier molecular flexibility index (Phi) is 4.40. The van der Waals surface area contributed by atoms with Gasteiger partial charge in [-0.3, -0.25) is 9.59 Å². The van der Waals surface area contributed by atoms with Crippen molar-refractivity contribution in [1.29, 1.82) is 0 Å². The molecule has 3 rings (SSSR count). The first kappa shape index (κ1) is 16.3.